The molecule has 1 atom stereocenters. The topological polar surface area (TPSA) is 60.6 Å². The van der Waals surface area contributed by atoms with Crippen molar-refractivity contribution in [2.75, 3.05) is 6.54 Å². The minimum Gasteiger partial charge on any atom is -0.335 e. The van der Waals surface area contributed by atoms with E-state index < -0.39 is 0 Å². The molecule has 0 aromatic carbocycles. The fourth-order valence-corrected chi connectivity index (χ4v) is 3.47. The second-order valence-corrected chi connectivity index (χ2v) is 6.46. The molecule has 0 radical (unpaired) electrons. The van der Waals surface area contributed by atoms with E-state index in [9.17, 15) is 0 Å². The van der Waals surface area contributed by atoms with Gasteiger partial charge in [-0.15, -0.1) is 0 Å². The van der Waals surface area contributed by atoms with Crippen LogP contribution in [0.1, 0.15) is 23.5 Å². The molecule has 6 heteroatoms. The molecule has 120 valence electrons. The summed E-state index contributed by atoms with van der Waals surface area (Å²) in [6, 6.07) is 2.20. The van der Waals surface area contributed by atoms with Gasteiger partial charge in [0.15, 0.2) is 5.65 Å². The van der Waals surface area contributed by atoms with Gasteiger partial charge in [-0.2, -0.15) is 5.10 Å². The Bertz CT molecular complexity index is 831. The summed E-state index contributed by atoms with van der Waals surface area (Å²) in [7, 11) is 1.94. The van der Waals surface area contributed by atoms with Crippen molar-refractivity contribution in [1.82, 2.24) is 29.6 Å². The molecule has 6 nitrogen and oxygen atoms in total. The zero-order valence-electron chi connectivity index (χ0n) is 13.7. The Morgan fingerprint density at radius 3 is 3.17 bits per heavy atom. The molecule has 3 aromatic rings. The second-order valence-electron chi connectivity index (χ2n) is 6.46. The highest BCUT2D eigenvalue weighted by Gasteiger charge is 2.18. The molecule has 0 aliphatic carbocycles. The normalized spacial score (nSPS) is 17.6. The van der Waals surface area contributed by atoms with Crippen molar-refractivity contribution in [1.29, 1.82) is 0 Å². The maximum absolute atomic E-state index is 4.54. The van der Waals surface area contributed by atoms with Crippen LogP contribution in [0.25, 0.3) is 11.0 Å². The van der Waals surface area contributed by atoms with E-state index in [-0.39, 0.29) is 0 Å². The Labute approximate surface area is 135 Å². The first-order valence-electron chi connectivity index (χ1n) is 8.19. The molecular weight excluding hydrogens is 288 g/mol. The summed E-state index contributed by atoms with van der Waals surface area (Å²) >= 11 is 0. The molecule has 0 spiro atoms. The van der Waals surface area contributed by atoms with Crippen molar-refractivity contribution in [3.05, 3.63) is 41.7 Å². The fraction of sp³-hybridized carbons (Fsp3) is 0.471. The van der Waals surface area contributed by atoms with Gasteiger partial charge in [0.1, 0.15) is 5.82 Å². The van der Waals surface area contributed by atoms with Crippen LogP contribution in [-0.2, 0) is 26.6 Å². The number of nitrogens with zero attached hydrogens (tertiary/aromatic N) is 5. The number of aryl methyl sites for hydroxylation is 3. The predicted octanol–water partition coefficient (Wildman–Crippen LogP) is 1.83. The summed E-state index contributed by atoms with van der Waals surface area (Å²) in [4.78, 5) is 8.92. The van der Waals surface area contributed by atoms with E-state index in [0.717, 1.165) is 42.8 Å². The molecule has 23 heavy (non-hydrogen) atoms. The van der Waals surface area contributed by atoms with E-state index in [4.69, 9.17) is 0 Å². The summed E-state index contributed by atoms with van der Waals surface area (Å²) in [5.74, 6) is 1.90. The van der Waals surface area contributed by atoms with Crippen molar-refractivity contribution in [2.45, 2.75) is 32.9 Å². The highest BCUT2D eigenvalue weighted by Crippen LogP contribution is 2.19. The van der Waals surface area contributed by atoms with Crippen LogP contribution >= 0.6 is 0 Å². The average Bonchev–Trinajstić information content (AvgIpc) is 3.12. The van der Waals surface area contributed by atoms with E-state index in [2.05, 4.69) is 37.2 Å². The van der Waals surface area contributed by atoms with Gasteiger partial charge >= 0.3 is 0 Å². The van der Waals surface area contributed by atoms with Gasteiger partial charge in [0, 0.05) is 50.5 Å². The standard InChI is InChI=1S/C17H22N6/c1-12-15-7-14(10-20-17(15)22(2)21-12)9-18-8-13-3-4-16-19-5-6-23(16)11-13/h5-7,10,13,18H,3-4,8-9,11H2,1-2H3/t13-/m1/s1. The van der Waals surface area contributed by atoms with E-state index >= 15 is 0 Å². The van der Waals surface area contributed by atoms with Gasteiger partial charge in [-0.3, -0.25) is 4.68 Å². The van der Waals surface area contributed by atoms with Crippen molar-refractivity contribution in [2.24, 2.45) is 13.0 Å². The molecule has 3 aromatic heterocycles. The van der Waals surface area contributed by atoms with Gasteiger partial charge in [0.2, 0.25) is 0 Å². The summed E-state index contributed by atoms with van der Waals surface area (Å²) in [6.45, 7) is 4.99. The second kappa shape index (κ2) is 5.77. The number of pyridine rings is 1. The summed E-state index contributed by atoms with van der Waals surface area (Å²) < 4.78 is 4.12. The zero-order chi connectivity index (χ0) is 15.8. The number of hydrogen-bond donors (Lipinski definition) is 1. The quantitative estimate of drug-likeness (QED) is 0.798. The lowest BCUT2D eigenvalue weighted by Gasteiger charge is -2.24. The molecule has 1 N–H and O–H groups in total. The Morgan fingerprint density at radius 1 is 1.35 bits per heavy atom. The van der Waals surface area contributed by atoms with Crippen molar-refractivity contribution in [3.8, 4) is 0 Å². The fourth-order valence-electron chi connectivity index (χ4n) is 3.47. The van der Waals surface area contributed by atoms with Crippen LogP contribution in [0.5, 0.6) is 0 Å². The maximum Gasteiger partial charge on any atom is 0.157 e. The summed E-state index contributed by atoms with van der Waals surface area (Å²) in [6.07, 6.45) is 8.24. The lowest BCUT2D eigenvalue weighted by molar-refractivity contribution is 0.347. The minimum atomic E-state index is 0.675. The first kappa shape index (κ1) is 14.4. The van der Waals surface area contributed by atoms with Gasteiger partial charge in [-0.1, -0.05) is 0 Å². The molecule has 0 saturated carbocycles. The average molecular weight is 310 g/mol. The lowest BCUT2D eigenvalue weighted by atomic mass is 9.99. The van der Waals surface area contributed by atoms with E-state index in [1.54, 1.807) is 0 Å². The highest BCUT2D eigenvalue weighted by molar-refractivity contribution is 5.78. The van der Waals surface area contributed by atoms with Crippen molar-refractivity contribution >= 4 is 11.0 Å². The Hall–Kier alpha value is -2.21. The third-order valence-electron chi connectivity index (χ3n) is 4.71. The van der Waals surface area contributed by atoms with Crippen LogP contribution in [0.3, 0.4) is 0 Å². The molecule has 1 aliphatic heterocycles. The van der Waals surface area contributed by atoms with E-state index in [0.29, 0.717) is 5.92 Å². The predicted molar refractivity (Wildman–Crippen MR) is 89.0 cm³/mol. The molecule has 4 rings (SSSR count). The third kappa shape index (κ3) is 2.74. The zero-order valence-corrected chi connectivity index (χ0v) is 13.7. The van der Waals surface area contributed by atoms with Crippen LogP contribution in [0.2, 0.25) is 0 Å². The number of hydrogen-bond acceptors (Lipinski definition) is 4. The third-order valence-corrected chi connectivity index (χ3v) is 4.71. The monoisotopic (exact) mass is 310 g/mol. The number of aromatic nitrogens is 5. The number of fused-ring (bicyclic) bond motifs is 2. The van der Waals surface area contributed by atoms with Crippen LogP contribution in [0.15, 0.2) is 24.7 Å². The molecule has 4 heterocycles. The Morgan fingerprint density at radius 2 is 2.26 bits per heavy atom. The number of rotatable bonds is 4. The van der Waals surface area contributed by atoms with Crippen LogP contribution in [0, 0.1) is 12.8 Å². The Kier molecular flexibility index (Phi) is 3.61. The molecule has 0 saturated heterocycles. The highest BCUT2D eigenvalue weighted by atomic mass is 15.3. The first-order valence-corrected chi connectivity index (χ1v) is 8.19. The SMILES string of the molecule is Cc1nn(C)c2ncc(CNC[C@H]3CCc4nccn4C3)cc12. The minimum absolute atomic E-state index is 0.675. The molecular formula is C17H22N6. The smallest absolute Gasteiger partial charge is 0.157 e. The number of imidazole rings is 1. The molecule has 1 aliphatic rings. The van der Waals surface area contributed by atoms with Gasteiger partial charge in [-0.05, 0) is 37.4 Å². The first-order chi connectivity index (χ1) is 11.2. The van der Waals surface area contributed by atoms with E-state index in [1.165, 1.54) is 17.8 Å². The van der Waals surface area contributed by atoms with Gasteiger partial charge in [0.25, 0.3) is 0 Å². The summed E-state index contributed by atoms with van der Waals surface area (Å²) in [5, 5.41) is 9.16. The van der Waals surface area contributed by atoms with Gasteiger partial charge < -0.3 is 9.88 Å². The van der Waals surface area contributed by atoms with Gasteiger partial charge in [0.05, 0.1) is 5.69 Å². The van der Waals surface area contributed by atoms with Crippen LogP contribution < -0.4 is 5.32 Å². The molecule has 0 bridgehead atoms. The maximum atomic E-state index is 4.54. The van der Waals surface area contributed by atoms with E-state index in [1.807, 2.05) is 31.0 Å². The largest absolute Gasteiger partial charge is 0.335 e. The van der Waals surface area contributed by atoms with Crippen molar-refractivity contribution in [3.63, 3.8) is 0 Å². The van der Waals surface area contributed by atoms with Crippen LogP contribution in [0.4, 0.5) is 0 Å². The van der Waals surface area contributed by atoms with Gasteiger partial charge in [-0.25, -0.2) is 9.97 Å². The van der Waals surface area contributed by atoms with Crippen molar-refractivity contribution < 1.29 is 0 Å². The molecule has 0 unspecified atom stereocenters. The van der Waals surface area contributed by atoms with Crippen LogP contribution in [-0.4, -0.2) is 30.9 Å². The Balaban J connectivity index is 1.37. The molecule has 0 amide bonds. The lowest BCUT2D eigenvalue weighted by Crippen LogP contribution is -2.29. The number of nitrogens with one attached hydrogen (secondary N) is 1. The molecule has 0 fully saturated rings. The summed E-state index contributed by atoms with van der Waals surface area (Å²) in [5.41, 5.74) is 3.20.